The molecule has 22 nitrogen and oxygen atoms in total. The minimum Gasteiger partial charge on any atom is -0.477 e. The van der Waals surface area contributed by atoms with E-state index in [2.05, 4.69) is 27.5 Å². The van der Waals surface area contributed by atoms with Crippen LogP contribution in [-0.2, 0) is 45.6 Å². The van der Waals surface area contributed by atoms with Crippen molar-refractivity contribution in [1.29, 1.82) is 0 Å². The summed E-state index contributed by atoms with van der Waals surface area (Å²) in [6.45, 7) is 1.89. The second-order valence-corrected chi connectivity index (χ2v) is 16.2. The van der Waals surface area contributed by atoms with Gasteiger partial charge in [0.25, 0.3) is 5.79 Å². The standard InChI is InChI=1S/C35H58N7O15P/c1-3-4-5-6-7-8-9-10-11-12-13-14-22-18-41(40-39-22)19-24(45)28(46)31-27(37-21(2)43)23(44)17-35(56-31,33(49)50)57-58(52,53)54-20-25-29(47)30(48)32(55-25)42-16-15-26(36)38-34(42)51/h15-16,18,23-25,27-32,44-48H,3-14,17,19-20H2,1-2H3,(H,37,43)(H,49,50)(H,52,53)(H2,36,38,51)/t23-,24+,25+,27+,28+,29+,30+,31+,32+,35+/m0/s1. The predicted octanol–water partition coefficient (Wildman–Crippen LogP) is -0.119. The van der Waals surface area contributed by atoms with Crippen molar-refractivity contribution in [3.05, 3.63) is 34.6 Å². The molecule has 11 atom stereocenters. The molecule has 23 heteroatoms. The van der Waals surface area contributed by atoms with E-state index in [9.17, 15) is 54.5 Å². The van der Waals surface area contributed by atoms with Crippen molar-refractivity contribution in [3.8, 4) is 0 Å². The number of carboxylic acids is 1. The molecule has 1 unspecified atom stereocenters. The Bertz CT molecular complexity index is 1730. The largest absolute Gasteiger partial charge is 0.477 e. The smallest absolute Gasteiger partial charge is 0.475 e. The van der Waals surface area contributed by atoms with Crippen molar-refractivity contribution in [1.82, 2.24) is 29.9 Å². The Morgan fingerprint density at radius 3 is 2.31 bits per heavy atom. The van der Waals surface area contributed by atoms with Crippen molar-refractivity contribution in [2.45, 2.75) is 165 Å². The van der Waals surface area contributed by atoms with Gasteiger partial charge in [-0.2, -0.15) is 4.98 Å². The van der Waals surface area contributed by atoms with Crippen LogP contribution < -0.4 is 16.7 Å². The maximum Gasteiger partial charge on any atom is 0.475 e. The van der Waals surface area contributed by atoms with Crippen LogP contribution in [0.15, 0.2) is 23.3 Å². The van der Waals surface area contributed by atoms with Crippen LogP contribution in [0.3, 0.4) is 0 Å². The Balaban J connectivity index is 1.36. The number of ether oxygens (including phenoxy) is 2. The molecule has 328 valence electrons. The summed E-state index contributed by atoms with van der Waals surface area (Å²) in [7, 11) is -5.56. The Morgan fingerprint density at radius 2 is 1.71 bits per heavy atom. The van der Waals surface area contributed by atoms with E-state index in [1.807, 2.05) is 0 Å². The molecule has 0 aliphatic carbocycles. The number of carboxylic acid groups (broad SMARTS) is 1. The third-order valence-corrected chi connectivity index (χ3v) is 11.1. The number of hydrogen-bond acceptors (Lipinski definition) is 17. The molecule has 0 bridgehead atoms. The lowest BCUT2D eigenvalue weighted by atomic mass is 9.88. The number of aromatic nitrogens is 5. The maximum atomic E-state index is 13.2. The number of aryl methyl sites for hydroxylation is 1. The minimum atomic E-state index is -5.56. The number of nitrogens with one attached hydrogen (secondary N) is 1. The zero-order valence-corrected chi connectivity index (χ0v) is 33.6. The van der Waals surface area contributed by atoms with Crippen LogP contribution >= 0.6 is 7.82 Å². The molecule has 2 saturated heterocycles. The van der Waals surface area contributed by atoms with Gasteiger partial charge >= 0.3 is 19.5 Å². The van der Waals surface area contributed by atoms with Gasteiger partial charge in [0.2, 0.25) is 5.91 Å². The number of unbranched alkanes of at least 4 members (excludes halogenated alkanes) is 10. The molecule has 10 N–H and O–H groups in total. The summed E-state index contributed by atoms with van der Waals surface area (Å²) >= 11 is 0. The van der Waals surface area contributed by atoms with Gasteiger partial charge in [0.1, 0.15) is 42.4 Å². The molecule has 0 aromatic carbocycles. The van der Waals surface area contributed by atoms with Crippen LogP contribution in [-0.4, -0.2) is 133 Å². The molecule has 4 heterocycles. The number of carbonyl (C=O) groups is 2. The summed E-state index contributed by atoms with van der Waals surface area (Å²) in [4.78, 5) is 51.1. The molecule has 2 aliphatic rings. The molecule has 58 heavy (non-hydrogen) atoms. The lowest BCUT2D eigenvalue weighted by Crippen LogP contribution is -2.67. The average Bonchev–Trinajstić information content (AvgIpc) is 3.72. The molecule has 1 amide bonds. The first-order chi connectivity index (χ1) is 27.5. The number of phosphoric ester groups is 1. The van der Waals surface area contributed by atoms with Crippen molar-refractivity contribution in [2.75, 3.05) is 12.3 Å². The van der Waals surface area contributed by atoms with E-state index < -0.39 is 99.2 Å². The van der Waals surface area contributed by atoms with E-state index in [4.69, 9.17) is 24.3 Å². The number of nitrogen functional groups attached to an aromatic ring is 1. The van der Waals surface area contributed by atoms with Crippen LogP contribution in [0, 0.1) is 0 Å². The fourth-order valence-electron chi connectivity index (χ4n) is 7.02. The first-order valence-electron chi connectivity index (χ1n) is 19.6. The third-order valence-electron chi connectivity index (χ3n) is 10.1. The summed E-state index contributed by atoms with van der Waals surface area (Å²) < 4.78 is 36.2. The van der Waals surface area contributed by atoms with Crippen molar-refractivity contribution in [2.24, 2.45) is 0 Å². The summed E-state index contributed by atoms with van der Waals surface area (Å²) in [5.74, 6) is -6.12. The van der Waals surface area contributed by atoms with Crippen LogP contribution in [0.2, 0.25) is 0 Å². The lowest BCUT2D eigenvalue weighted by Gasteiger charge is -2.46. The Labute approximate surface area is 334 Å². The number of aliphatic carboxylic acids is 1. The second kappa shape index (κ2) is 21.7. The summed E-state index contributed by atoms with van der Waals surface area (Å²) in [6.07, 6.45) is 0.948. The Hall–Kier alpha value is -3.41. The minimum absolute atomic E-state index is 0.128. The first-order valence-corrected chi connectivity index (χ1v) is 21.1. The normalized spacial score (nSPS) is 28.2. The van der Waals surface area contributed by atoms with E-state index in [1.54, 1.807) is 6.20 Å². The van der Waals surface area contributed by atoms with Crippen LogP contribution in [0.25, 0.3) is 0 Å². The number of nitrogens with two attached hydrogens (primary N) is 1. The molecule has 0 radical (unpaired) electrons. The average molecular weight is 848 g/mol. The third kappa shape index (κ3) is 13.0. The van der Waals surface area contributed by atoms with Gasteiger partial charge < -0.3 is 56.1 Å². The zero-order valence-electron chi connectivity index (χ0n) is 32.7. The summed E-state index contributed by atoms with van der Waals surface area (Å²) in [5, 5.41) is 75.1. The van der Waals surface area contributed by atoms with Gasteiger partial charge in [0.05, 0.1) is 31.0 Å². The molecule has 0 saturated carbocycles. The van der Waals surface area contributed by atoms with Gasteiger partial charge in [0, 0.05) is 25.7 Å². The molecule has 2 aliphatic heterocycles. The molecule has 0 spiro atoms. The SMILES string of the molecule is CCCCCCCCCCCCCc1cn(C[C@@H](O)[C@@H](O)[C@@H]2O[C@](OP(=O)(O)OC[C@H]3O[C@@H](n4ccc(N)nc4=O)[C@H](O)[C@@H]3O)(C(=O)O)C[C@H](O)[C@H]2NC(C)=O)nn1. The fraction of sp³-hybridized carbons (Fsp3) is 0.771. The number of rotatable bonds is 24. The Morgan fingerprint density at radius 1 is 1.07 bits per heavy atom. The number of anilines is 1. The van der Waals surface area contributed by atoms with Gasteiger partial charge in [-0.05, 0) is 18.9 Å². The number of aliphatic hydroxyl groups excluding tert-OH is 5. The quantitative estimate of drug-likeness (QED) is 0.0491. The van der Waals surface area contributed by atoms with Crippen LogP contribution in [0.1, 0.15) is 103 Å². The lowest BCUT2D eigenvalue weighted by molar-refractivity contribution is -0.288. The highest BCUT2D eigenvalue weighted by Gasteiger charge is 2.59. The van der Waals surface area contributed by atoms with Gasteiger partial charge in [-0.25, -0.2) is 23.4 Å². The number of carbonyl (C=O) groups excluding carboxylic acids is 1. The highest BCUT2D eigenvalue weighted by molar-refractivity contribution is 7.47. The zero-order chi connectivity index (χ0) is 42.6. The van der Waals surface area contributed by atoms with Gasteiger partial charge in [-0.15, -0.1) is 5.10 Å². The van der Waals surface area contributed by atoms with E-state index in [1.165, 1.54) is 62.1 Å². The van der Waals surface area contributed by atoms with Crippen LogP contribution in [0.4, 0.5) is 5.82 Å². The molecule has 2 aromatic rings. The van der Waals surface area contributed by atoms with E-state index >= 15 is 0 Å². The highest BCUT2D eigenvalue weighted by atomic mass is 31.2. The van der Waals surface area contributed by atoms with Gasteiger partial charge in [-0.3, -0.25) is 13.9 Å². The van der Waals surface area contributed by atoms with E-state index in [0.29, 0.717) is 12.1 Å². The number of phosphoric acid groups is 1. The number of amides is 1. The summed E-state index contributed by atoms with van der Waals surface area (Å²) in [6, 6.07) is -0.324. The maximum absolute atomic E-state index is 13.2. The number of aliphatic hydroxyl groups is 5. The molecule has 2 aromatic heterocycles. The van der Waals surface area contributed by atoms with Gasteiger partial charge in [0.15, 0.2) is 6.23 Å². The number of hydrogen-bond donors (Lipinski definition) is 9. The van der Waals surface area contributed by atoms with E-state index in [-0.39, 0.29) is 12.4 Å². The second-order valence-electron chi connectivity index (χ2n) is 14.9. The van der Waals surface area contributed by atoms with Crippen molar-refractivity contribution < 1.29 is 68.2 Å². The van der Waals surface area contributed by atoms with Crippen LogP contribution in [0.5, 0.6) is 0 Å². The summed E-state index contributed by atoms with van der Waals surface area (Å²) in [5.41, 5.74) is 5.19. The van der Waals surface area contributed by atoms with Crippen molar-refractivity contribution in [3.63, 3.8) is 0 Å². The highest BCUT2D eigenvalue weighted by Crippen LogP contribution is 2.51. The molecule has 2 fully saturated rings. The number of nitrogens with zero attached hydrogens (tertiary/aromatic N) is 5. The molecular formula is C35H58N7O15P. The van der Waals surface area contributed by atoms with Gasteiger partial charge in [-0.1, -0.05) is 76.3 Å². The molecule has 4 rings (SSSR count). The first kappa shape index (κ1) is 47.3. The monoisotopic (exact) mass is 847 g/mol. The predicted molar refractivity (Wildman–Crippen MR) is 201 cm³/mol. The topological polar surface area (TPSA) is 333 Å². The van der Waals surface area contributed by atoms with E-state index in [0.717, 1.165) is 37.0 Å². The Kier molecular flexibility index (Phi) is 17.7. The van der Waals surface area contributed by atoms with Crippen molar-refractivity contribution >= 4 is 25.5 Å². The fourth-order valence-corrected chi connectivity index (χ4v) is 7.98. The molecular weight excluding hydrogens is 789 g/mol.